The highest BCUT2D eigenvalue weighted by Gasteiger charge is 2.23. The SMILES string of the molecule is Clc1nc(-c2ccc3sc4ccccc4c3c2)nc2c1sc1ccccc12.c1ccc2c(c1)Cc1cc3ccccc3cc1-2.c1ccc2cc3c(cc2c1)c1ccccc1n3-c1nc(-c2ccc3sc4ccccc4c3c2)nc2c1sc1ccccc12. The average molecular weight is 1200 g/mol. The Morgan fingerprint density at radius 1 is 0.310 bits per heavy atom. The van der Waals surface area contributed by atoms with Gasteiger partial charge >= 0.3 is 0 Å². The second kappa shape index (κ2) is 20.2. The second-order valence-electron chi connectivity index (χ2n) is 22.1. The number of thiophene rings is 4. The molecule has 0 saturated carbocycles. The summed E-state index contributed by atoms with van der Waals surface area (Å²) >= 11 is 13.6. The summed E-state index contributed by atoms with van der Waals surface area (Å²) in [5, 5.41) is 15.5. The Balaban J connectivity index is 0.000000110. The molecule has 0 saturated heterocycles. The molecule has 12 aromatic carbocycles. The van der Waals surface area contributed by atoms with Crippen molar-refractivity contribution in [2.45, 2.75) is 6.42 Å². The molecule has 7 aromatic heterocycles. The smallest absolute Gasteiger partial charge is 0.162 e. The van der Waals surface area contributed by atoms with E-state index in [2.05, 4.69) is 252 Å². The standard InChI is InChI=1S/C38H21N3S2.C22H11ClN2S2.C17H12/c1-2-10-23-21-31-28(19-22(23)9-1)25-11-3-6-14-30(25)41(31)38-36-35(27-13-5-8-16-33(27)43-36)39-37(40-38)24-17-18-34-29(20-24)26-12-4-7-15-32(26)42-34;23-21-20-19(14-6-2-4-8-17(14)27-20)24-22(25-21)12-9-10-18-15(11-12)13-5-1-3-7-16(13)26-18;1-2-6-13-11-17-15(9-12(13)5-1)10-14-7-3-4-8-16(14)17/h1-21H;1-11H;1-9,11H,10H2. The van der Waals surface area contributed by atoms with Crippen molar-refractivity contribution in [3.05, 3.63) is 271 Å². The Hall–Kier alpha value is -9.71. The first-order valence-corrected chi connectivity index (χ1v) is 32.5. The van der Waals surface area contributed by atoms with Crippen molar-refractivity contribution in [3.8, 4) is 39.7 Å². The number of rotatable bonds is 3. The first kappa shape index (κ1) is 50.6. The fraction of sp³-hybridized carbons (Fsp3) is 0.0130. The van der Waals surface area contributed by atoms with Crippen molar-refractivity contribution in [1.29, 1.82) is 0 Å². The molecule has 408 valence electrons. The van der Waals surface area contributed by atoms with E-state index in [0.29, 0.717) is 11.0 Å². The lowest BCUT2D eigenvalue weighted by Gasteiger charge is -2.11. The van der Waals surface area contributed by atoms with Crippen LogP contribution in [-0.4, -0.2) is 24.5 Å². The summed E-state index contributed by atoms with van der Waals surface area (Å²) in [4.78, 5) is 20.2. The molecule has 19 aromatic rings. The van der Waals surface area contributed by atoms with Gasteiger partial charge in [0.05, 0.1) is 31.5 Å². The van der Waals surface area contributed by atoms with E-state index in [9.17, 15) is 0 Å². The maximum Gasteiger partial charge on any atom is 0.162 e. The summed E-state index contributed by atoms with van der Waals surface area (Å²) in [6, 6.07) is 91.0. The van der Waals surface area contributed by atoms with E-state index in [1.807, 2.05) is 34.8 Å². The van der Waals surface area contributed by atoms with Crippen LogP contribution in [0.5, 0.6) is 0 Å². The lowest BCUT2D eigenvalue weighted by Crippen LogP contribution is -2.01. The van der Waals surface area contributed by atoms with Crippen molar-refractivity contribution < 1.29 is 0 Å². The van der Waals surface area contributed by atoms with Crippen LogP contribution in [0.25, 0.3) is 164 Å². The van der Waals surface area contributed by atoms with Gasteiger partial charge in [0, 0.05) is 82.4 Å². The molecule has 0 bridgehead atoms. The first-order chi connectivity index (χ1) is 43.0. The molecule has 1 aliphatic rings. The van der Waals surface area contributed by atoms with Gasteiger partial charge in [-0.05, 0) is 135 Å². The minimum absolute atomic E-state index is 0.520. The van der Waals surface area contributed by atoms with Gasteiger partial charge in [-0.15, -0.1) is 45.3 Å². The minimum atomic E-state index is 0.520. The number of halogens is 1. The molecule has 1 aliphatic carbocycles. The molecular formula is C77H44ClN5S4. The number of hydrogen-bond donors (Lipinski definition) is 0. The number of para-hydroxylation sites is 1. The summed E-state index contributed by atoms with van der Waals surface area (Å²) in [6.07, 6.45) is 1.08. The Labute approximate surface area is 518 Å². The number of aromatic nitrogens is 5. The summed E-state index contributed by atoms with van der Waals surface area (Å²) in [5.74, 6) is 2.35. The van der Waals surface area contributed by atoms with Crippen molar-refractivity contribution in [2.75, 3.05) is 0 Å². The Bertz CT molecular complexity index is 6050. The maximum atomic E-state index is 6.54. The number of hydrogen-bond acceptors (Lipinski definition) is 8. The van der Waals surface area contributed by atoms with Crippen LogP contribution in [0, 0.1) is 0 Å². The van der Waals surface area contributed by atoms with E-state index in [1.165, 1.54) is 110 Å². The van der Waals surface area contributed by atoms with Gasteiger partial charge in [0.15, 0.2) is 22.6 Å². The van der Waals surface area contributed by atoms with E-state index < -0.39 is 0 Å². The van der Waals surface area contributed by atoms with Crippen LogP contribution in [0.15, 0.2) is 255 Å². The summed E-state index contributed by atoms with van der Waals surface area (Å²) in [6.45, 7) is 0. The van der Waals surface area contributed by atoms with Crippen molar-refractivity contribution in [2.24, 2.45) is 0 Å². The molecule has 10 heteroatoms. The molecule has 0 atom stereocenters. The zero-order chi connectivity index (χ0) is 57.3. The van der Waals surface area contributed by atoms with Crippen LogP contribution in [0.3, 0.4) is 0 Å². The molecule has 87 heavy (non-hydrogen) atoms. The van der Waals surface area contributed by atoms with Crippen LogP contribution < -0.4 is 0 Å². The highest BCUT2D eigenvalue weighted by atomic mass is 35.5. The lowest BCUT2D eigenvalue weighted by molar-refractivity contribution is 1.08. The van der Waals surface area contributed by atoms with Gasteiger partial charge in [-0.1, -0.05) is 181 Å². The van der Waals surface area contributed by atoms with E-state index in [0.717, 1.165) is 66.0 Å². The quantitative estimate of drug-likeness (QED) is 0.165. The third-order valence-electron chi connectivity index (χ3n) is 17.1. The number of nitrogens with zero attached hydrogens (tertiary/aromatic N) is 5. The van der Waals surface area contributed by atoms with Gasteiger partial charge in [-0.3, -0.25) is 4.57 Å². The Morgan fingerprint density at radius 2 is 0.782 bits per heavy atom. The molecule has 0 aliphatic heterocycles. The van der Waals surface area contributed by atoms with Crippen molar-refractivity contribution >= 4 is 181 Å². The van der Waals surface area contributed by atoms with Gasteiger partial charge in [0.1, 0.15) is 0 Å². The van der Waals surface area contributed by atoms with Crippen LogP contribution >= 0.6 is 56.9 Å². The molecule has 20 rings (SSSR count). The normalized spacial score (nSPS) is 12.1. The van der Waals surface area contributed by atoms with E-state index in [-0.39, 0.29) is 0 Å². The summed E-state index contributed by atoms with van der Waals surface area (Å²) < 4.78 is 12.0. The van der Waals surface area contributed by atoms with Crippen molar-refractivity contribution in [1.82, 2.24) is 24.5 Å². The molecule has 0 unspecified atom stereocenters. The monoisotopic (exact) mass is 1200 g/mol. The van der Waals surface area contributed by atoms with Gasteiger partial charge in [0.2, 0.25) is 0 Å². The molecule has 7 heterocycles. The number of fused-ring (bicyclic) bond motifs is 20. The summed E-state index contributed by atoms with van der Waals surface area (Å²) in [7, 11) is 0. The molecule has 0 radical (unpaired) electrons. The van der Waals surface area contributed by atoms with E-state index in [4.69, 9.17) is 26.6 Å². The third kappa shape index (κ3) is 8.37. The topological polar surface area (TPSA) is 56.5 Å². The van der Waals surface area contributed by atoms with Gasteiger partial charge < -0.3 is 0 Å². The van der Waals surface area contributed by atoms with Gasteiger partial charge in [-0.2, -0.15) is 0 Å². The van der Waals surface area contributed by atoms with E-state index >= 15 is 0 Å². The second-order valence-corrected chi connectivity index (χ2v) is 26.8. The third-order valence-corrected chi connectivity index (χ3v) is 22.1. The van der Waals surface area contributed by atoms with E-state index in [1.54, 1.807) is 22.7 Å². The van der Waals surface area contributed by atoms with Crippen LogP contribution in [0.2, 0.25) is 5.15 Å². The predicted molar refractivity (Wildman–Crippen MR) is 376 cm³/mol. The fourth-order valence-electron chi connectivity index (χ4n) is 13.0. The summed E-state index contributed by atoms with van der Waals surface area (Å²) in [5.41, 5.74) is 12.0. The zero-order valence-corrected chi connectivity index (χ0v) is 50.2. The first-order valence-electron chi connectivity index (χ1n) is 28.9. The maximum absolute atomic E-state index is 6.54. The zero-order valence-electron chi connectivity index (χ0n) is 46.2. The lowest BCUT2D eigenvalue weighted by atomic mass is 10.0. The molecule has 0 fully saturated rings. The molecule has 0 N–H and O–H groups in total. The highest BCUT2D eigenvalue weighted by Crippen LogP contribution is 2.45. The highest BCUT2D eigenvalue weighted by molar-refractivity contribution is 7.27. The van der Waals surface area contributed by atoms with Crippen LogP contribution in [0.4, 0.5) is 0 Å². The molecule has 0 amide bonds. The van der Waals surface area contributed by atoms with Gasteiger partial charge in [0.25, 0.3) is 0 Å². The predicted octanol–water partition coefficient (Wildman–Crippen LogP) is 23.1. The van der Waals surface area contributed by atoms with Crippen LogP contribution in [0.1, 0.15) is 11.1 Å². The van der Waals surface area contributed by atoms with Crippen molar-refractivity contribution in [3.63, 3.8) is 0 Å². The molecule has 0 spiro atoms. The molecule has 5 nitrogen and oxygen atoms in total. The number of benzene rings is 12. The molecular weight excluding hydrogens is 1160 g/mol. The fourth-order valence-corrected chi connectivity index (χ4v) is 17.6. The average Bonchev–Trinajstić information content (AvgIpc) is 1.68. The van der Waals surface area contributed by atoms with Crippen LogP contribution in [-0.2, 0) is 6.42 Å². The minimum Gasteiger partial charge on any atom is -0.292 e. The Morgan fingerprint density at radius 3 is 1.43 bits per heavy atom. The Kier molecular flexibility index (Phi) is 11.8. The van der Waals surface area contributed by atoms with Gasteiger partial charge in [-0.25, -0.2) is 19.9 Å². The largest absolute Gasteiger partial charge is 0.292 e.